The third-order valence-corrected chi connectivity index (χ3v) is 5.07. The highest BCUT2D eigenvalue weighted by Crippen LogP contribution is 2.30. The molecule has 2 fully saturated rings. The fraction of sp³-hybridized carbons (Fsp3) is 0.619. The van der Waals surface area contributed by atoms with E-state index < -0.39 is 0 Å². The molecule has 1 unspecified atom stereocenters. The minimum absolute atomic E-state index is 0. The van der Waals surface area contributed by atoms with Crippen LogP contribution in [0.4, 0.5) is 5.69 Å². The van der Waals surface area contributed by atoms with Gasteiger partial charge in [0.05, 0.1) is 12.8 Å². The van der Waals surface area contributed by atoms with Crippen LogP contribution in [0, 0.1) is 0 Å². The van der Waals surface area contributed by atoms with Gasteiger partial charge in [0, 0.05) is 44.7 Å². The zero-order valence-corrected chi connectivity index (χ0v) is 19.8. The number of methoxy groups -OCH3 is 1. The molecule has 0 spiro atoms. The zero-order valence-electron chi connectivity index (χ0n) is 17.4. The fourth-order valence-corrected chi connectivity index (χ4v) is 3.46. The number of amides is 1. The number of carbonyl (C=O) groups is 1. The number of ether oxygens (including phenoxy) is 1. The van der Waals surface area contributed by atoms with E-state index in [4.69, 9.17) is 4.74 Å². The standard InChI is InChI=1S/C21H33N5O2.HI/c1-3-22-21(23-13-6-9-20(27)24-16-10-11-16)25-17-12-14-26(15-17)18-7-4-5-8-19(18)28-2;/h4-5,7-8,16-17H,3,6,9-15H2,1-2H3,(H,24,27)(H2,22,23,25);1H. The number of hydrogen-bond donors (Lipinski definition) is 3. The molecule has 162 valence electrons. The van der Waals surface area contributed by atoms with Crippen LogP contribution in [0.15, 0.2) is 29.3 Å². The summed E-state index contributed by atoms with van der Waals surface area (Å²) in [5, 5.41) is 9.87. The summed E-state index contributed by atoms with van der Waals surface area (Å²) in [7, 11) is 1.71. The summed E-state index contributed by atoms with van der Waals surface area (Å²) in [5.41, 5.74) is 1.14. The molecule has 29 heavy (non-hydrogen) atoms. The average molecular weight is 515 g/mol. The van der Waals surface area contributed by atoms with Gasteiger partial charge in [-0.1, -0.05) is 12.1 Å². The van der Waals surface area contributed by atoms with Gasteiger partial charge in [0.2, 0.25) is 5.91 Å². The van der Waals surface area contributed by atoms with Crippen molar-refractivity contribution < 1.29 is 9.53 Å². The van der Waals surface area contributed by atoms with Gasteiger partial charge < -0.3 is 25.6 Å². The number of nitrogens with zero attached hydrogens (tertiary/aromatic N) is 2. The van der Waals surface area contributed by atoms with Gasteiger partial charge >= 0.3 is 0 Å². The summed E-state index contributed by atoms with van der Waals surface area (Å²) in [5.74, 6) is 1.89. The van der Waals surface area contributed by atoms with Gasteiger partial charge in [-0.05, 0) is 44.7 Å². The van der Waals surface area contributed by atoms with Crippen LogP contribution in [0.5, 0.6) is 5.75 Å². The van der Waals surface area contributed by atoms with Gasteiger partial charge in [-0.3, -0.25) is 9.79 Å². The molecule has 1 aromatic carbocycles. The first-order valence-electron chi connectivity index (χ1n) is 10.4. The lowest BCUT2D eigenvalue weighted by molar-refractivity contribution is -0.121. The number of hydrogen-bond acceptors (Lipinski definition) is 4. The molecule has 1 saturated carbocycles. The number of rotatable bonds is 9. The van der Waals surface area contributed by atoms with Crippen molar-refractivity contribution in [3.8, 4) is 5.75 Å². The van der Waals surface area contributed by atoms with Crippen molar-refractivity contribution in [2.45, 2.75) is 51.1 Å². The molecule has 3 rings (SSSR count). The second-order valence-corrected chi connectivity index (χ2v) is 7.45. The average Bonchev–Trinajstić information content (AvgIpc) is 3.40. The normalized spacial score (nSPS) is 18.8. The second-order valence-electron chi connectivity index (χ2n) is 7.45. The Morgan fingerprint density at radius 1 is 1.21 bits per heavy atom. The zero-order chi connectivity index (χ0) is 19.8. The van der Waals surface area contributed by atoms with Gasteiger partial charge in [0.25, 0.3) is 0 Å². The van der Waals surface area contributed by atoms with E-state index >= 15 is 0 Å². The van der Waals surface area contributed by atoms with Crippen LogP contribution >= 0.6 is 24.0 Å². The van der Waals surface area contributed by atoms with E-state index in [1.54, 1.807) is 7.11 Å². The topological polar surface area (TPSA) is 78.0 Å². The quantitative estimate of drug-likeness (QED) is 0.204. The predicted octanol–water partition coefficient (Wildman–Crippen LogP) is 2.51. The SMILES string of the molecule is CCNC(=NCCCC(=O)NC1CC1)NC1CCN(c2ccccc2OC)C1.I. The molecule has 0 bridgehead atoms. The highest BCUT2D eigenvalue weighted by atomic mass is 127. The molecule has 1 aliphatic carbocycles. The van der Waals surface area contributed by atoms with Crippen molar-refractivity contribution in [1.82, 2.24) is 16.0 Å². The van der Waals surface area contributed by atoms with Crippen molar-refractivity contribution in [2.75, 3.05) is 38.2 Å². The highest BCUT2D eigenvalue weighted by molar-refractivity contribution is 14.0. The number of halogens is 1. The molecular weight excluding hydrogens is 481 g/mol. The van der Waals surface area contributed by atoms with Crippen LogP contribution in [0.1, 0.15) is 39.0 Å². The van der Waals surface area contributed by atoms with Gasteiger partial charge in [-0.2, -0.15) is 0 Å². The van der Waals surface area contributed by atoms with Gasteiger partial charge in [0.1, 0.15) is 5.75 Å². The molecule has 1 aromatic rings. The first-order chi connectivity index (χ1) is 13.7. The number of guanidine groups is 1. The van der Waals surface area contributed by atoms with E-state index in [2.05, 4.69) is 38.8 Å². The molecule has 7 nitrogen and oxygen atoms in total. The largest absolute Gasteiger partial charge is 0.495 e. The maximum Gasteiger partial charge on any atom is 0.220 e. The summed E-state index contributed by atoms with van der Waals surface area (Å²) in [4.78, 5) is 18.8. The minimum atomic E-state index is 0. The van der Waals surface area contributed by atoms with Crippen molar-refractivity contribution in [2.24, 2.45) is 4.99 Å². The van der Waals surface area contributed by atoms with Crippen LogP contribution < -0.4 is 25.6 Å². The lowest BCUT2D eigenvalue weighted by Gasteiger charge is -2.22. The molecule has 1 amide bonds. The fourth-order valence-electron chi connectivity index (χ4n) is 3.46. The molecule has 1 heterocycles. The Hall–Kier alpha value is -1.71. The molecule has 2 aliphatic rings. The molecule has 0 aromatic heterocycles. The molecular formula is C21H34IN5O2. The Kier molecular flexibility index (Phi) is 9.83. The Morgan fingerprint density at radius 3 is 2.72 bits per heavy atom. The van der Waals surface area contributed by atoms with E-state index in [9.17, 15) is 4.79 Å². The molecule has 8 heteroatoms. The van der Waals surface area contributed by atoms with Gasteiger partial charge in [0.15, 0.2) is 5.96 Å². The van der Waals surface area contributed by atoms with E-state index in [0.717, 1.165) is 62.7 Å². The first kappa shape index (κ1) is 23.6. The van der Waals surface area contributed by atoms with E-state index in [1.807, 2.05) is 18.2 Å². The van der Waals surface area contributed by atoms with Gasteiger partial charge in [-0.25, -0.2) is 0 Å². The summed E-state index contributed by atoms with van der Waals surface area (Å²) in [6.07, 6.45) is 4.63. The monoisotopic (exact) mass is 515 g/mol. The lowest BCUT2D eigenvalue weighted by atomic mass is 10.2. The summed E-state index contributed by atoms with van der Waals surface area (Å²) in [6, 6.07) is 8.91. The third-order valence-electron chi connectivity index (χ3n) is 5.07. The number of carbonyl (C=O) groups excluding carboxylic acids is 1. The van der Waals surface area contributed by atoms with Crippen molar-refractivity contribution >= 4 is 41.5 Å². The van der Waals surface area contributed by atoms with Crippen LogP contribution in [0.25, 0.3) is 0 Å². The Bertz CT molecular complexity index is 681. The van der Waals surface area contributed by atoms with Crippen LogP contribution in [-0.4, -0.2) is 57.2 Å². The first-order valence-corrected chi connectivity index (χ1v) is 10.4. The minimum Gasteiger partial charge on any atom is -0.495 e. The predicted molar refractivity (Wildman–Crippen MR) is 129 cm³/mol. The lowest BCUT2D eigenvalue weighted by Crippen LogP contribution is -2.44. The number of anilines is 1. The number of aliphatic imine (C=N–C) groups is 1. The van der Waals surface area contributed by atoms with Crippen molar-refractivity contribution in [3.63, 3.8) is 0 Å². The smallest absolute Gasteiger partial charge is 0.220 e. The molecule has 3 N–H and O–H groups in total. The van der Waals surface area contributed by atoms with Crippen LogP contribution in [0.3, 0.4) is 0 Å². The van der Waals surface area contributed by atoms with Crippen LogP contribution in [-0.2, 0) is 4.79 Å². The summed E-state index contributed by atoms with van der Waals surface area (Å²) in [6.45, 7) is 5.43. The maximum absolute atomic E-state index is 11.8. The molecule has 1 saturated heterocycles. The Labute approximate surface area is 191 Å². The maximum atomic E-state index is 11.8. The summed E-state index contributed by atoms with van der Waals surface area (Å²) >= 11 is 0. The van der Waals surface area contributed by atoms with Crippen molar-refractivity contribution in [1.29, 1.82) is 0 Å². The summed E-state index contributed by atoms with van der Waals surface area (Å²) < 4.78 is 5.49. The number of para-hydroxylation sites is 2. The Morgan fingerprint density at radius 2 is 2.00 bits per heavy atom. The van der Waals surface area contributed by atoms with E-state index in [-0.39, 0.29) is 29.9 Å². The molecule has 1 aliphatic heterocycles. The molecule has 0 radical (unpaired) electrons. The number of nitrogens with one attached hydrogen (secondary N) is 3. The highest BCUT2D eigenvalue weighted by Gasteiger charge is 2.25. The van der Waals surface area contributed by atoms with Gasteiger partial charge in [-0.15, -0.1) is 24.0 Å². The molecule has 1 atom stereocenters. The number of benzene rings is 1. The van der Waals surface area contributed by atoms with Crippen LogP contribution in [0.2, 0.25) is 0 Å². The van der Waals surface area contributed by atoms with Crippen molar-refractivity contribution in [3.05, 3.63) is 24.3 Å². The third kappa shape index (κ3) is 7.56. The Balaban J connectivity index is 0.00000300. The van der Waals surface area contributed by atoms with E-state index in [0.29, 0.717) is 25.0 Å². The van der Waals surface area contributed by atoms with E-state index in [1.165, 1.54) is 0 Å². The second kappa shape index (κ2) is 12.1.